The summed E-state index contributed by atoms with van der Waals surface area (Å²) in [6.07, 6.45) is 28.7. The zero-order valence-corrected chi connectivity index (χ0v) is 25.5. The van der Waals surface area contributed by atoms with Crippen LogP contribution in [0.5, 0.6) is 5.75 Å². The van der Waals surface area contributed by atoms with Crippen molar-refractivity contribution in [1.29, 1.82) is 0 Å². The summed E-state index contributed by atoms with van der Waals surface area (Å²) in [6.45, 7) is 4.52. The van der Waals surface area contributed by atoms with Crippen molar-refractivity contribution in [3.63, 3.8) is 0 Å². The monoisotopic (exact) mass is 596 g/mol. The van der Waals surface area contributed by atoms with Crippen LogP contribution in [0, 0.1) is 0 Å². The Morgan fingerprint density at radius 3 is 2.02 bits per heavy atom. The SMILES string of the molecule is CC/C=C\C/C=C\C/C=C\C/C=C\C/C=C\CCCCO[C@@H](CC)C(=O)NCCOC(=O)Nc1ccc(O)c(C(=O)O)c1. The van der Waals surface area contributed by atoms with Gasteiger partial charge in [0.05, 0.1) is 6.54 Å². The van der Waals surface area contributed by atoms with Crippen LogP contribution in [0.3, 0.4) is 0 Å². The zero-order chi connectivity index (χ0) is 31.5. The summed E-state index contributed by atoms with van der Waals surface area (Å²) >= 11 is 0. The lowest BCUT2D eigenvalue weighted by atomic mass is 10.2. The van der Waals surface area contributed by atoms with Gasteiger partial charge < -0.3 is 25.0 Å². The molecule has 0 saturated heterocycles. The molecule has 1 rings (SSSR count). The van der Waals surface area contributed by atoms with Crippen molar-refractivity contribution in [3.05, 3.63) is 84.5 Å². The molecule has 0 aliphatic heterocycles. The van der Waals surface area contributed by atoms with E-state index >= 15 is 0 Å². The Kier molecular flexibility index (Phi) is 21.0. The molecular weight excluding hydrogens is 548 g/mol. The molecule has 9 nitrogen and oxygen atoms in total. The average Bonchev–Trinajstić information content (AvgIpc) is 2.99. The minimum Gasteiger partial charge on any atom is -0.507 e. The fraction of sp³-hybridized carbons (Fsp3) is 0.441. The summed E-state index contributed by atoms with van der Waals surface area (Å²) < 4.78 is 10.7. The second-order valence-corrected chi connectivity index (χ2v) is 9.56. The standard InChI is InChI=1S/C34H48N2O7/c1-3-5-6-7-8-9-10-11-12-13-14-15-16-17-18-19-20-21-25-42-31(4-2)32(38)35-24-26-43-34(41)36-28-22-23-30(37)29(27-28)33(39)40/h5-6,8-9,11-12,14-15,17-18,22-23,27,31,37H,3-4,7,10,13,16,19-21,24-26H2,1-2H3,(H,35,38)(H,36,41)(H,39,40)/b6-5-,9-8-,12-11-,15-14-,18-17-/t31-/m0/s1. The van der Waals surface area contributed by atoms with Crippen LogP contribution in [0.4, 0.5) is 10.5 Å². The second kappa shape index (κ2) is 24.5. The number of phenols is 1. The highest BCUT2D eigenvalue weighted by atomic mass is 16.5. The third kappa shape index (κ3) is 18.8. The van der Waals surface area contributed by atoms with Gasteiger partial charge in [-0.15, -0.1) is 0 Å². The Balaban J connectivity index is 2.10. The number of allylic oxidation sites excluding steroid dienone is 10. The molecule has 2 amide bonds. The molecule has 43 heavy (non-hydrogen) atoms. The molecule has 0 bridgehead atoms. The van der Waals surface area contributed by atoms with Gasteiger partial charge in [-0.1, -0.05) is 74.6 Å². The number of benzene rings is 1. The maximum Gasteiger partial charge on any atom is 0.411 e. The molecule has 0 aliphatic carbocycles. The van der Waals surface area contributed by atoms with Crippen LogP contribution >= 0.6 is 0 Å². The van der Waals surface area contributed by atoms with Crippen molar-refractivity contribution < 1.29 is 34.1 Å². The molecule has 0 aliphatic rings. The number of hydrogen-bond donors (Lipinski definition) is 4. The summed E-state index contributed by atoms with van der Waals surface area (Å²) in [5.74, 6) is -2.00. The fourth-order valence-electron chi connectivity index (χ4n) is 3.71. The third-order valence-electron chi connectivity index (χ3n) is 6.01. The first-order valence-corrected chi connectivity index (χ1v) is 15.0. The maximum absolute atomic E-state index is 12.4. The fourth-order valence-corrected chi connectivity index (χ4v) is 3.71. The quantitative estimate of drug-likeness (QED) is 0.0619. The predicted molar refractivity (Wildman–Crippen MR) is 171 cm³/mol. The summed E-state index contributed by atoms with van der Waals surface area (Å²) in [5.41, 5.74) is -0.185. The minimum atomic E-state index is -1.32. The van der Waals surface area contributed by atoms with E-state index in [2.05, 4.69) is 78.3 Å². The number of aromatic carboxylic acids is 1. The van der Waals surface area contributed by atoms with E-state index < -0.39 is 23.9 Å². The third-order valence-corrected chi connectivity index (χ3v) is 6.01. The lowest BCUT2D eigenvalue weighted by molar-refractivity contribution is -0.133. The number of carboxylic acids is 1. The number of carboxylic acid groups (broad SMARTS) is 1. The van der Waals surface area contributed by atoms with Crippen LogP contribution in [0.15, 0.2) is 79.0 Å². The zero-order valence-electron chi connectivity index (χ0n) is 25.5. The number of ether oxygens (including phenoxy) is 2. The van der Waals surface area contributed by atoms with E-state index in [4.69, 9.17) is 14.6 Å². The number of rotatable bonds is 22. The van der Waals surface area contributed by atoms with Gasteiger partial charge in [0.25, 0.3) is 0 Å². The highest BCUT2D eigenvalue weighted by Crippen LogP contribution is 2.21. The van der Waals surface area contributed by atoms with Crippen molar-refractivity contribution in [3.8, 4) is 5.75 Å². The molecule has 0 unspecified atom stereocenters. The number of amides is 2. The molecule has 1 atom stereocenters. The number of unbranched alkanes of at least 4 members (excludes halogenated alkanes) is 2. The van der Waals surface area contributed by atoms with Gasteiger partial charge in [0.15, 0.2) is 0 Å². The molecule has 9 heteroatoms. The maximum atomic E-state index is 12.4. The number of carbonyl (C=O) groups is 3. The van der Waals surface area contributed by atoms with Gasteiger partial charge >= 0.3 is 12.1 Å². The topological polar surface area (TPSA) is 134 Å². The molecule has 4 N–H and O–H groups in total. The normalized spacial score (nSPS) is 12.6. The molecule has 0 radical (unpaired) electrons. The van der Waals surface area contributed by atoms with Crippen LogP contribution in [0.2, 0.25) is 0 Å². The molecule has 0 aromatic heterocycles. The second-order valence-electron chi connectivity index (χ2n) is 9.56. The summed E-state index contributed by atoms with van der Waals surface area (Å²) in [4.78, 5) is 35.4. The van der Waals surface area contributed by atoms with Gasteiger partial charge in [-0.25, -0.2) is 9.59 Å². The summed E-state index contributed by atoms with van der Waals surface area (Å²) in [7, 11) is 0. The van der Waals surface area contributed by atoms with E-state index in [1.165, 1.54) is 6.07 Å². The first-order chi connectivity index (χ1) is 20.9. The Morgan fingerprint density at radius 2 is 1.44 bits per heavy atom. The Labute approximate surface area is 256 Å². The van der Waals surface area contributed by atoms with Gasteiger partial charge in [0.1, 0.15) is 24.0 Å². The van der Waals surface area contributed by atoms with Gasteiger partial charge in [0.2, 0.25) is 5.91 Å². The minimum absolute atomic E-state index is 0.0782. The van der Waals surface area contributed by atoms with Gasteiger partial charge in [0, 0.05) is 12.3 Å². The van der Waals surface area contributed by atoms with Gasteiger partial charge in [-0.3, -0.25) is 10.1 Å². The van der Waals surface area contributed by atoms with E-state index in [0.29, 0.717) is 13.0 Å². The van der Waals surface area contributed by atoms with Crippen LogP contribution < -0.4 is 10.6 Å². The predicted octanol–water partition coefficient (Wildman–Crippen LogP) is 7.47. The van der Waals surface area contributed by atoms with Gasteiger partial charge in [-0.2, -0.15) is 0 Å². The molecule has 1 aromatic rings. The number of carbonyl (C=O) groups excluding carboxylic acids is 2. The van der Waals surface area contributed by atoms with E-state index in [1.807, 2.05) is 6.92 Å². The Bertz CT molecular complexity index is 1110. The number of anilines is 1. The number of nitrogens with one attached hydrogen (secondary N) is 2. The molecule has 0 fully saturated rings. The van der Waals surface area contributed by atoms with E-state index in [0.717, 1.165) is 63.5 Å². The number of hydrogen-bond acceptors (Lipinski definition) is 6. The highest BCUT2D eigenvalue weighted by molar-refractivity contribution is 5.94. The van der Waals surface area contributed by atoms with E-state index in [1.54, 1.807) is 0 Å². The van der Waals surface area contributed by atoms with Crippen LogP contribution in [-0.2, 0) is 14.3 Å². The summed E-state index contributed by atoms with van der Waals surface area (Å²) in [5, 5.41) is 23.6. The molecule has 0 saturated carbocycles. The lowest BCUT2D eigenvalue weighted by Crippen LogP contribution is -2.38. The van der Waals surface area contributed by atoms with Crippen LogP contribution in [0.1, 0.15) is 82.0 Å². The smallest absolute Gasteiger partial charge is 0.411 e. The first kappa shape index (κ1) is 36.9. The highest BCUT2D eigenvalue weighted by Gasteiger charge is 2.16. The molecule has 0 heterocycles. The van der Waals surface area contributed by atoms with E-state index in [-0.39, 0.29) is 30.3 Å². The Hall–Kier alpha value is -4.11. The van der Waals surface area contributed by atoms with Crippen molar-refractivity contribution in [2.45, 2.75) is 77.7 Å². The van der Waals surface area contributed by atoms with Gasteiger partial charge in [-0.05, 0) is 76.0 Å². The molecular formula is C34H48N2O7. The average molecular weight is 597 g/mol. The largest absolute Gasteiger partial charge is 0.507 e. The van der Waals surface area contributed by atoms with E-state index in [9.17, 15) is 19.5 Å². The summed E-state index contributed by atoms with van der Waals surface area (Å²) in [6, 6.07) is 3.62. The van der Waals surface area contributed by atoms with Crippen molar-refractivity contribution in [1.82, 2.24) is 5.32 Å². The molecule has 0 spiro atoms. The number of aromatic hydroxyl groups is 1. The van der Waals surface area contributed by atoms with Crippen LogP contribution in [0.25, 0.3) is 0 Å². The van der Waals surface area contributed by atoms with Crippen LogP contribution in [-0.4, -0.2) is 54.0 Å². The Morgan fingerprint density at radius 1 is 0.837 bits per heavy atom. The lowest BCUT2D eigenvalue weighted by Gasteiger charge is -2.16. The van der Waals surface area contributed by atoms with Crippen molar-refractivity contribution in [2.75, 3.05) is 25.1 Å². The molecule has 1 aromatic carbocycles. The van der Waals surface area contributed by atoms with Crippen molar-refractivity contribution >= 4 is 23.7 Å². The van der Waals surface area contributed by atoms with Crippen molar-refractivity contribution in [2.24, 2.45) is 0 Å². The first-order valence-electron chi connectivity index (χ1n) is 15.0. The molecule has 236 valence electrons.